The monoisotopic (exact) mass is 229 g/mol. The molecule has 0 aliphatic heterocycles. The third-order valence-corrected chi connectivity index (χ3v) is 2.23. The van der Waals surface area contributed by atoms with Gasteiger partial charge in [-0.1, -0.05) is 0 Å². The second-order valence-electron chi connectivity index (χ2n) is 3.35. The Hall–Kier alpha value is -2.56. The number of ether oxygens (including phenoxy) is 1. The lowest BCUT2D eigenvalue weighted by Gasteiger charge is -2.01. The number of nitrogens with zero attached hydrogens (tertiary/aromatic N) is 1. The van der Waals surface area contributed by atoms with Crippen LogP contribution in [0, 0.1) is 0 Å². The maximum absolute atomic E-state index is 11.6. The Balaban J connectivity index is 1.87. The standard InChI is InChI=1S/C12H7NO4/c14-12(11-2-1-5-15-11)17-8-3-4-10-9(6-8)13-7-16-10/h1-7H. The van der Waals surface area contributed by atoms with Crippen molar-refractivity contribution in [1.29, 1.82) is 0 Å². The Morgan fingerprint density at radius 3 is 3.00 bits per heavy atom. The summed E-state index contributed by atoms with van der Waals surface area (Å²) in [6.07, 6.45) is 2.75. The summed E-state index contributed by atoms with van der Waals surface area (Å²) in [6.45, 7) is 0. The van der Waals surface area contributed by atoms with Crippen molar-refractivity contribution in [2.24, 2.45) is 0 Å². The maximum Gasteiger partial charge on any atom is 0.379 e. The van der Waals surface area contributed by atoms with Gasteiger partial charge in [0.2, 0.25) is 5.76 Å². The number of aromatic nitrogens is 1. The van der Waals surface area contributed by atoms with Gasteiger partial charge in [0.15, 0.2) is 12.0 Å². The molecule has 84 valence electrons. The molecule has 0 saturated carbocycles. The normalized spacial score (nSPS) is 10.6. The van der Waals surface area contributed by atoms with Crippen LogP contribution in [-0.4, -0.2) is 11.0 Å². The Kier molecular flexibility index (Phi) is 2.15. The lowest BCUT2D eigenvalue weighted by Crippen LogP contribution is -2.06. The molecular formula is C12H7NO4. The fourth-order valence-electron chi connectivity index (χ4n) is 1.45. The molecule has 0 saturated heterocycles. The van der Waals surface area contributed by atoms with Crippen LogP contribution < -0.4 is 4.74 Å². The summed E-state index contributed by atoms with van der Waals surface area (Å²) >= 11 is 0. The van der Waals surface area contributed by atoms with Gasteiger partial charge < -0.3 is 13.6 Å². The molecule has 0 amide bonds. The molecule has 0 spiro atoms. The van der Waals surface area contributed by atoms with Crippen molar-refractivity contribution in [3.63, 3.8) is 0 Å². The molecule has 5 nitrogen and oxygen atoms in total. The van der Waals surface area contributed by atoms with Crippen LogP contribution in [0.2, 0.25) is 0 Å². The van der Waals surface area contributed by atoms with Crippen LogP contribution in [-0.2, 0) is 0 Å². The molecule has 3 rings (SSSR count). The number of furan rings is 1. The van der Waals surface area contributed by atoms with E-state index in [-0.39, 0.29) is 5.76 Å². The molecule has 0 radical (unpaired) electrons. The van der Waals surface area contributed by atoms with Gasteiger partial charge in [0.25, 0.3) is 0 Å². The van der Waals surface area contributed by atoms with Crippen molar-refractivity contribution >= 4 is 17.1 Å². The van der Waals surface area contributed by atoms with Crippen LogP contribution >= 0.6 is 0 Å². The highest BCUT2D eigenvalue weighted by molar-refractivity contribution is 5.88. The van der Waals surface area contributed by atoms with Crippen molar-refractivity contribution < 1.29 is 18.4 Å². The maximum atomic E-state index is 11.6. The van der Waals surface area contributed by atoms with Crippen LogP contribution in [0.1, 0.15) is 10.6 Å². The van der Waals surface area contributed by atoms with Gasteiger partial charge in [-0.3, -0.25) is 0 Å². The Bertz CT molecular complexity index is 654. The topological polar surface area (TPSA) is 65.5 Å². The molecule has 17 heavy (non-hydrogen) atoms. The van der Waals surface area contributed by atoms with E-state index in [2.05, 4.69) is 4.98 Å². The number of hydrogen-bond donors (Lipinski definition) is 0. The second kappa shape index (κ2) is 3.79. The van der Waals surface area contributed by atoms with E-state index in [9.17, 15) is 4.79 Å². The number of esters is 1. The van der Waals surface area contributed by atoms with E-state index >= 15 is 0 Å². The van der Waals surface area contributed by atoms with Crippen LogP contribution in [0.4, 0.5) is 0 Å². The molecule has 5 heteroatoms. The van der Waals surface area contributed by atoms with Crippen molar-refractivity contribution in [2.45, 2.75) is 0 Å². The first-order valence-corrected chi connectivity index (χ1v) is 4.92. The zero-order valence-corrected chi connectivity index (χ0v) is 8.62. The molecule has 1 aromatic carbocycles. The SMILES string of the molecule is O=C(Oc1ccc2ocnc2c1)c1ccco1. The van der Waals surface area contributed by atoms with Crippen molar-refractivity contribution in [2.75, 3.05) is 0 Å². The average molecular weight is 229 g/mol. The molecule has 0 unspecified atom stereocenters. The molecule has 2 aromatic heterocycles. The number of hydrogen-bond acceptors (Lipinski definition) is 5. The second-order valence-corrected chi connectivity index (χ2v) is 3.35. The molecule has 3 aromatic rings. The lowest BCUT2D eigenvalue weighted by molar-refractivity contribution is 0.0701. The van der Waals surface area contributed by atoms with Crippen molar-refractivity contribution in [3.8, 4) is 5.75 Å². The fourth-order valence-corrected chi connectivity index (χ4v) is 1.45. The third-order valence-electron chi connectivity index (χ3n) is 2.23. The van der Waals surface area contributed by atoms with E-state index in [4.69, 9.17) is 13.6 Å². The highest BCUT2D eigenvalue weighted by atomic mass is 16.5. The molecule has 0 aliphatic rings. The van der Waals surface area contributed by atoms with Crippen LogP contribution in [0.3, 0.4) is 0 Å². The summed E-state index contributed by atoms with van der Waals surface area (Å²) in [6, 6.07) is 8.11. The number of oxazole rings is 1. The summed E-state index contributed by atoms with van der Waals surface area (Å²) in [5.74, 6) is 0.0101. The first kappa shape index (κ1) is 9.65. The van der Waals surface area contributed by atoms with Gasteiger partial charge in [-0.25, -0.2) is 9.78 Å². The zero-order chi connectivity index (χ0) is 11.7. The minimum atomic E-state index is -0.544. The van der Waals surface area contributed by atoms with E-state index < -0.39 is 5.97 Å². The minimum absolute atomic E-state index is 0.158. The summed E-state index contributed by atoms with van der Waals surface area (Å²) < 4.78 is 15.1. The number of fused-ring (bicyclic) bond motifs is 1. The van der Waals surface area contributed by atoms with E-state index in [1.165, 1.54) is 18.7 Å². The van der Waals surface area contributed by atoms with Gasteiger partial charge in [0, 0.05) is 6.07 Å². The van der Waals surface area contributed by atoms with Crippen LogP contribution in [0.15, 0.2) is 51.8 Å². The minimum Gasteiger partial charge on any atom is -0.457 e. The zero-order valence-electron chi connectivity index (χ0n) is 8.62. The highest BCUT2D eigenvalue weighted by Crippen LogP contribution is 2.20. The van der Waals surface area contributed by atoms with Gasteiger partial charge >= 0.3 is 5.97 Å². The first-order chi connectivity index (χ1) is 8.33. The Labute approximate surface area is 95.6 Å². The predicted octanol–water partition coefficient (Wildman–Crippen LogP) is 2.64. The fraction of sp³-hybridized carbons (Fsp3) is 0. The Morgan fingerprint density at radius 2 is 2.18 bits per heavy atom. The summed E-state index contributed by atoms with van der Waals surface area (Å²) in [5.41, 5.74) is 1.28. The van der Waals surface area contributed by atoms with E-state index in [0.29, 0.717) is 16.8 Å². The molecular weight excluding hydrogens is 222 g/mol. The predicted molar refractivity (Wildman–Crippen MR) is 57.7 cm³/mol. The van der Waals surface area contributed by atoms with Gasteiger partial charge in [-0.15, -0.1) is 0 Å². The van der Waals surface area contributed by atoms with E-state index in [0.717, 1.165) is 0 Å². The summed E-state index contributed by atoms with van der Waals surface area (Å²) in [5, 5.41) is 0. The highest BCUT2D eigenvalue weighted by Gasteiger charge is 2.12. The van der Waals surface area contributed by atoms with E-state index in [1.807, 2.05) is 0 Å². The average Bonchev–Trinajstić information content (AvgIpc) is 2.99. The quantitative estimate of drug-likeness (QED) is 0.499. The number of rotatable bonds is 2. The molecule has 0 fully saturated rings. The number of carbonyl (C=O) groups is 1. The van der Waals surface area contributed by atoms with Crippen LogP contribution in [0.25, 0.3) is 11.1 Å². The molecule has 0 atom stereocenters. The number of benzene rings is 1. The molecule has 0 bridgehead atoms. The molecule has 0 aliphatic carbocycles. The van der Waals surface area contributed by atoms with Gasteiger partial charge in [-0.05, 0) is 24.3 Å². The number of carbonyl (C=O) groups excluding carboxylic acids is 1. The smallest absolute Gasteiger partial charge is 0.379 e. The summed E-state index contributed by atoms with van der Waals surface area (Å²) in [4.78, 5) is 15.6. The largest absolute Gasteiger partial charge is 0.457 e. The third kappa shape index (κ3) is 1.78. The molecule has 0 N–H and O–H groups in total. The Morgan fingerprint density at radius 1 is 1.24 bits per heavy atom. The van der Waals surface area contributed by atoms with Gasteiger partial charge in [0.05, 0.1) is 6.26 Å². The summed E-state index contributed by atoms with van der Waals surface area (Å²) in [7, 11) is 0. The molecule has 2 heterocycles. The van der Waals surface area contributed by atoms with Crippen LogP contribution in [0.5, 0.6) is 5.75 Å². The van der Waals surface area contributed by atoms with Gasteiger partial charge in [0.1, 0.15) is 11.3 Å². The van der Waals surface area contributed by atoms with E-state index in [1.54, 1.807) is 24.3 Å². The van der Waals surface area contributed by atoms with Crippen molar-refractivity contribution in [3.05, 3.63) is 48.7 Å². The lowest BCUT2D eigenvalue weighted by atomic mass is 10.3. The van der Waals surface area contributed by atoms with Crippen molar-refractivity contribution in [1.82, 2.24) is 4.98 Å². The van der Waals surface area contributed by atoms with Gasteiger partial charge in [-0.2, -0.15) is 0 Å². The first-order valence-electron chi connectivity index (χ1n) is 4.92.